The number of carbonyl (C=O) groups is 5. The molecule has 0 unspecified atom stereocenters. The van der Waals surface area contributed by atoms with Crippen molar-refractivity contribution in [3.63, 3.8) is 0 Å². The summed E-state index contributed by atoms with van der Waals surface area (Å²) in [5, 5.41) is 10.5. The highest BCUT2D eigenvalue weighted by Crippen LogP contribution is 2.21. The van der Waals surface area contributed by atoms with Crippen LogP contribution in [0.25, 0.3) is 10.9 Å². The fourth-order valence-electron chi connectivity index (χ4n) is 3.80. The topological polar surface area (TPSA) is 160 Å². The minimum Gasteiger partial charge on any atom is -0.475 e. The Hall–Kier alpha value is -4.67. The number of rotatable bonds is 13. The first kappa shape index (κ1) is 37.5. The van der Waals surface area contributed by atoms with Crippen LogP contribution in [0.1, 0.15) is 28.8 Å². The average Bonchev–Trinajstić information content (AvgIpc) is 3.00. The van der Waals surface area contributed by atoms with E-state index in [2.05, 4.69) is 10.3 Å². The quantitative estimate of drug-likeness (QED) is 0.180. The summed E-state index contributed by atoms with van der Waals surface area (Å²) >= 11 is 0.787. The fourth-order valence-corrected chi connectivity index (χ4v) is 4.66. The lowest BCUT2D eigenvalue weighted by atomic mass is 10.1. The first-order valence-corrected chi connectivity index (χ1v) is 14.4. The summed E-state index contributed by atoms with van der Waals surface area (Å²) in [6, 6.07) is 16.4. The zero-order valence-corrected chi connectivity index (χ0v) is 24.6. The number of alkyl halides is 6. The molecule has 17 heteroatoms. The van der Waals surface area contributed by atoms with Crippen LogP contribution < -0.4 is 11.1 Å². The number of amides is 3. The molecule has 3 amide bonds. The maximum Gasteiger partial charge on any atom is 0.490 e. The molecule has 1 atom stereocenters. The van der Waals surface area contributed by atoms with Gasteiger partial charge in [0.05, 0.1) is 17.8 Å². The van der Waals surface area contributed by atoms with E-state index in [4.69, 9.17) is 15.6 Å². The Morgan fingerprint density at radius 2 is 1.54 bits per heavy atom. The summed E-state index contributed by atoms with van der Waals surface area (Å²) in [5.41, 5.74) is 7.36. The summed E-state index contributed by atoms with van der Waals surface area (Å²) < 4.78 is 69.0. The van der Waals surface area contributed by atoms with Crippen molar-refractivity contribution < 1.29 is 55.4 Å². The van der Waals surface area contributed by atoms with Crippen LogP contribution in [0.4, 0.5) is 26.3 Å². The van der Waals surface area contributed by atoms with Gasteiger partial charge in [0.25, 0.3) is 5.91 Å². The molecule has 4 N–H and O–H groups in total. The number of aliphatic carboxylic acids is 1. The molecule has 0 spiro atoms. The largest absolute Gasteiger partial charge is 0.490 e. The van der Waals surface area contributed by atoms with Gasteiger partial charge < -0.3 is 21.1 Å². The second-order valence-corrected chi connectivity index (χ2v) is 10.5. The van der Waals surface area contributed by atoms with Crippen LogP contribution >= 0.6 is 11.8 Å². The molecule has 2 aromatic carbocycles. The van der Waals surface area contributed by atoms with Crippen LogP contribution in [-0.4, -0.2) is 80.9 Å². The van der Waals surface area contributed by atoms with Crippen molar-refractivity contribution in [2.24, 2.45) is 5.73 Å². The van der Waals surface area contributed by atoms with Gasteiger partial charge in [-0.25, -0.2) is 4.79 Å². The van der Waals surface area contributed by atoms with Crippen LogP contribution in [0, 0.1) is 0 Å². The van der Waals surface area contributed by atoms with Crippen molar-refractivity contribution in [2.45, 2.75) is 37.8 Å². The first-order valence-electron chi connectivity index (χ1n) is 13.2. The number of para-hydroxylation sites is 1. The minimum absolute atomic E-state index is 0.0365. The number of nitrogens with one attached hydrogen (secondary N) is 1. The van der Waals surface area contributed by atoms with E-state index in [-0.39, 0.29) is 25.1 Å². The van der Waals surface area contributed by atoms with Crippen molar-refractivity contribution in [1.29, 1.82) is 0 Å². The number of hydrogen-bond donors (Lipinski definition) is 3. The molecule has 46 heavy (non-hydrogen) atoms. The Labute approximate surface area is 262 Å². The lowest BCUT2D eigenvalue weighted by Gasteiger charge is -2.30. The lowest BCUT2D eigenvalue weighted by molar-refractivity contribution is -0.192. The van der Waals surface area contributed by atoms with Crippen LogP contribution in [-0.2, 0) is 25.7 Å². The van der Waals surface area contributed by atoms with Gasteiger partial charge >= 0.3 is 18.3 Å². The number of carboxylic acids is 1. The fraction of sp³-hybridized carbons (Fsp3) is 0.310. The van der Waals surface area contributed by atoms with E-state index in [9.17, 15) is 45.5 Å². The molecule has 3 rings (SSSR count). The number of nitrogens with zero attached hydrogens (tertiary/aromatic N) is 2. The molecule has 0 radical (unpaired) electrons. The molecular formula is C29H28F6N4O6S. The number of primary amides is 1. The zero-order chi connectivity index (χ0) is 34.5. The third kappa shape index (κ3) is 12.4. The maximum atomic E-state index is 13.3. The minimum atomic E-state index is -5.08. The number of Topliss-reactive ketones (excluding diaryl/α,β-unsaturated/α-hetero) is 1. The molecule has 10 nitrogen and oxygen atoms in total. The number of halogens is 6. The molecule has 248 valence electrons. The van der Waals surface area contributed by atoms with Crippen molar-refractivity contribution in [1.82, 2.24) is 15.2 Å². The number of fused-ring (bicyclic) bond motifs is 1. The van der Waals surface area contributed by atoms with E-state index in [0.717, 1.165) is 22.7 Å². The number of nitrogens with two attached hydrogens (primary N) is 1. The monoisotopic (exact) mass is 674 g/mol. The number of ketones is 1. The van der Waals surface area contributed by atoms with Gasteiger partial charge in [0.15, 0.2) is 0 Å². The number of hydrogen-bond acceptors (Lipinski definition) is 7. The average molecular weight is 675 g/mol. The van der Waals surface area contributed by atoms with Gasteiger partial charge in [-0.2, -0.15) is 38.1 Å². The van der Waals surface area contributed by atoms with Crippen molar-refractivity contribution in [2.75, 3.05) is 18.1 Å². The van der Waals surface area contributed by atoms with Gasteiger partial charge in [-0.3, -0.25) is 24.2 Å². The second-order valence-electron chi connectivity index (χ2n) is 9.44. The third-order valence-corrected chi connectivity index (χ3v) is 7.06. The molecule has 1 aromatic heterocycles. The van der Waals surface area contributed by atoms with Gasteiger partial charge in [0, 0.05) is 23.7 Å². The smallest absolute Gasteiger partial charge is 0.475 e. The molecule has 0 saturated carbocycles. The standard InChI is InChI=1S/C27H27F3N4O4S.C2HF3O2/c28-27(29,30)23(35)17-39-12-6-11-22(25(31)37)34(16-18-13-20-9-4-5-10-21(20)32-14-18)24(36)15-33-26(38)19-7-2-1-3-8-19;3-2(4,5)1(6)7/h1-5,7-10,13-14,22H,6,11-12,15-17H2,(H2,31,37)(H,33,38);(H,6,7)/t22-;/m0./s1. The molecule has 0 aliphatic rings. The molecule has 0 bridgehead atoms. The summed E-state index contributed by atoms with van der Waals surface area (Å²) in [4.78, 5) is 63.8. The highest BCUT2D eigenvalue weighted by molar-refractivity contribution is 7.99. The van der Waals surface area contributed by atoms with Crippen LogP contribution in [0.5, 0.6) is 0 Å². The van der Waals surface area contributed by atoms with Crippen molar-refractivity contribution in [3.8, 4) is 0 Å². The number of pyridine rings is 1. The SMILES string of the molecule is NC(=O)[C@H](CCCSCC(=O)C(F)(F)F)N(Cc1cnc2ccccc2c1)C(=O)CNC(=O)c1ccccc1.O=C(O)C(F)(F)F. The Balaban J connectivity index is 0.000000942. The number of aromatic nitrogens is 1. The van der Waals surface area contributed by atoms with Crippen LogP contribution in [0.3, 0.4) is 0 Å². The van der Waals surface area contributed by atoms with Gasteiger partial charge in [0.1, 0.15) is 6.04 Å². The van der Waals surface area contributed by atoms with Gasteiger partial charge in [-0.1, -0.05) is 36.4 Å². The van der Waals surface area contributed by atoms with E-state index < -0.39 is 60.2 Å². The van der Waals surface area contributed by atoms with Crippen LogP contribution in [0.15, 0.2) is 66.9 Å². The predicted molar refractivity (Wildman–Crippen MR) is 155 cm³/mol. The maximum absolute atomic E-state index is 13.3. The molecular weight excluding hydrogens is 646 g/mol. The molecule has 0 saturated heterocycles. The van der Waals surface area contributed by atoms with E-state index in [1.54, 1.807) is 36.5 Å². The molecule has 0 aliphatic heterocycles. The van der Waals surface area contributed by atoms with E-state index in [1.165, 1.54) is 4.90 Å². The highest BCUT2D eigenvalue weighted by atomic mass is 32.2. The van der Waals surface area contributed by atoms with Crippen LogP contribution in [0.2, 0.25) is 0 Å². The Kier molecular flexibility index (Phi) is 14.0. The van der Waals surface area contributed by atoms with E-state index in [0.29, 0.717) is 11.1 Å². The zero-order valence-electron chi connectivity index (χ0n) is 23.8. The Morgan fingerprint density at radius 1 is 0.935 bits per heavy atom. The van der Waals surface area contributed by atoms with Gasteiger partial charge in [0.2, 0.25) is 17.6 Å². The van der Waals surface area contributed by atoms with E-state index in [1.807, 2.05) is 30.3 Å². The summed E-state index contributed by atoms with van der Waals surface area (Å²) in [7, 11) is 0. The summed E-state index contributed by atoms with van der Waals surface area (Å²) in [5.74, 6) is -7.03. The summed E-state index contributed by atoms with van der Waals surface area (Å²) in [6.07, 6.45) is -8.13. The number of carboxylic acid groups (broad SMARTS) is 1. The highest BCUT2D eigenvalue weighted by Gasteiger charge is 2.38. The van der Waals surface area contributed by atoms with Crippen molar-refractivity contribution in [3.05, 3.63) is 78.0 Å². The predicted octanol–water partition coefficient (Wildman–Crippen LogP) is 4.13. The first-order chi connectivity index (χ1) is 21.5. The molecule has 0 fully saturated rings. The second kappa shape index (κ2) is 17.1. The molecule has 3 aromatic rings. The number of carbonyl (C=O) groups excluding carboxylic acids is 4. The molecule has 0 aliphatic carbocycles. The Bertz CT molecular complexity index is 1520. The molecule has 1 heterocycles. The lowest BCUT2D eigenvalue weighted by Crippen LogP contribution is -2.50. The van der Waals surface area contributed by atoms with Gasteiger partial charge in [-0.05, 0) is 48.4 Å². The summed E-state index contributed by atoms with van der Waals surface area (Å²) in [6.45, 7) is -0.446. The number of benzene rings is 2. The normalized spacial score (nSPS) is 12.0. The van der Waals surface area contributed by atoms with Crippen molar-refractivity contribution >= 4 is 52.1 Å². The third-order valence-electron chi connectivity index (χ3n) is 6.02. The van der Waals surface area contributed by atoms with E-state index >= 15 is 0 Å². The Morgan fingerprint density at radius 3 is 2.13 bits per heavy atom. The van der Waals surface area contributed by atoms with Gasteiger partial charge in [-0.15, -0.1) is 0 Å². The number of thioether (sulfide) groups is 1.